The summed E-state index contributed by atoms with van der Waals surface area (Å²) >= 11 is 0. The minimum atomic E-state index is -0.259. The lowest BCUT2D eigenvalue weighted by atomic mass is 9.93. The molecule has 2 aromatic carbocycles. The monoisotopic (exact) mass is 366 g/mol. The van der Waals surface area contributed by atoms with Crippen LogP contribution in [0.2, 0.25) is 0 Å². The summed E-state index contributed by atoms with van der Waals surface area (Å²) in [6, 6.07) is 11.4. The summed E-state index contributed by atoms with van der Waals surface area (Å²) in [6.45, 7) is 13.0. The number of aryl methyl sites for hydroxylation is 4. The van der Waals surface area contributed by atoms with Crippen LogP contribution in [0.1, 0.15) is 56.8 Å². The Morgan fingerprint density at radius 3 is 1.41 bits per heavy atom. The van der Waals surface area contributed by atoms with Crippen molar-refractivity contribution >= 4 is 11.8 Å². The maximum Gasteiger partial charge on any atom is 0.251 e. The Morgan fingerprint density at radius 1 is 0.704 bits per heavy atom. The minimum Gasteiger partial charge on any atom is -0.351 e. The van der Waals surface area contributed by atoms with Gasteiger partial charge in [-0.3, -0.25) is 9.59 Å². The second-order valence-electron chi connectivity index (χ2n) is 8.13. The van der Waals surface area contributed by atoms with Gasteiger partial charge >= 0.3 is 0 Å². The van der Waals surface area contributed by atoms with Crippen molar-refractivity contribution in [2.24, 2.45) is 5.41 Å². The maximum atomic E-state index is 12.4. The first-order valence-electron chi connectivity index (χ1n) is 9.30. The molecule has 4 heteroatoms. The number of benzene rings is 2. The molecule has 2 rings (SSSR count). The van der Waals surface area contributed by atoms with E-state index < -0.39 is 0 Å². The van der Waals surface area contributed by atoms with Gasteiger partial charge in [-0.05, 0) is 79.6 Å². The molecule has 4 nitrogen and oxygen atoms in total. The molecule has 2 amide bonds. The highest BCUT2D eigenvalue weighted by Crippen LogP contribution is 2.15. The molecular formula is C23H30N2O2. The molecular weight excluding hydrogens is 336 g/mol. The molecule has 0 aliphatic rings. The van der Waals surface area contributed by atoms with Crippen LogP contribution in [-0.4, -0.2) is 24.9 Å². The average Bonchev–Trinajstić information content (AvgIpc) is 2.62. The van der Waals surface area contributed by atoms with Gasteiger partial charge in [0, 0.05) is 24.2 Å². The standard InChI is InChI=1S/C23H30N2O2/c1-15-7-9-19(11-17(15)3)21(26)24-13-23(5,6)14-25-22(27)20-10-8-16(2)18(4)12-20/h7-12H,13-14H2,1-6H3,(H,24,26)(H,25,27). The van der Waals surface area contributed by atoms with Gasteiger partial charge in [0.05, 0.1) is 0 Å². The van der Waals surface area contributed by atoms with Crippen molar-refractivity contribution in [2.45, 2.75) is 41.5 Å². The van der Waals surface area contributed by atoms with Crippen LogP contribution in [0.3, 0.4) is 0 Å². The Morgan fingerprint density at radius 2 is 1.07 bits per heavy atom. The summed E-state index contributed by atoms with van der Waals surface area (Å²) in [5.74, 6) is -0.182. The lowest BCUT2D eigenvalue weighted by Crippen LogP contribution is -2.42. The number of hydrogen-bond donors (Lipinski definition) is 2. The van der Waals surface area contributed by atoms with Crippen molar-refractivity contribution in [3.63, 3.8) is 0 Å². The lowest BCUT2D eigenvalue weighted by Gasteiger charge is -2.25. The highest BCUT2D eigenvalue weighted by atomic mass is 16.2. The van der Waals surface area contributed by atoms with E-state index in [1.165, 1.54) is 11.1 Å². The third kappa shape index (κ3) is 5.68. The van der Waals surface area contributed by atoms with E-state index in [1.807, 2.05) is 77.9 Å². The van der Waals surface area contributed by atoms with Gasteiger partial charge in [-0.2, -0.15) is 0 Å². The first-order valence-corrected chi connectivity index (χ1v) is 9.30. The number of carbonyl (C=O) groups is 2. The van der Waals surface area contributed by atoms with Crippen LogP contribution < -0.4 is 10.6 Å². The van der Waals surface area contributed by atoms with Crippen molar-refractivity contribution < 1.29 is 9.59 Å². The maximum absolute atomic E-state index is 12.4. The first kappa shape index (κ1) is 20.7. The van der Waals surface area contributed by atoms with Crippen LogP contribution in [0.5, 0.6) is 0 Å². The predicted molar refractivity (Wildman–Crippen MR) is 110 cm³/mol. The van der Waals surface area contributed by atoms with Crippen molar-refractivity contribution in [1.29, 1.82) is 0 Å². The van der Waals surface area contributed by atoms with Gasteiger partial charge in [0.15, 0.2) is 0 Å². The van der Waals surface area contributed by atoms with Gasteiger partial charge < -0.3 is 10.6 Å². The fraction of sp³-hybridized carbons (Fsp3) is 0.391. The van der Waals surface area contributed by atoms with Crippen molar-refractivity contribution in [2.75, 3.05) is 13.1 Å². The molecule has 0 heterocycles. The van der Waals surface area contributed by atoms with Crippen LogP contribution in [0.4, 0.5) is 0 Å². The lowest BCUT2D eigenvalue weighted by molar-refractivity contribution is 0.0920. The second-order valence-corrected chi connectivity index (χ2v) is 8.13. The zero-order chi connectivity index (χ0) is 20.2. The SMILES string of the molecule is Cc1ccc(C(=O)NCC(C)(C)CNC(=O)c2ccc(C)c(C)c2)cc1C. The van der Waals surface area contributed by atoms with Gasteiger partial charge in [0.2, 0.25) is 0 Å². The van der Waals surface area contributed by atoms with E-state index in [-0.39, 0.29) is 17.2 Å². The fourth-order valence-corrected chi connectivity index (χ4v) is 2.67. The number of nitrogens with one attached hydrogen (secondary N) is 2. The summed E-state index contributed by atoms with van der Waals surface area (Å²) in [6.07, 6.45) is 0. The Hall–Kier alpha value is -2.62. The van der Waals surface area contributed by atoms with Crippen LogP contribution in [-0.2, 0) is 0 Å². The number of hydrogen-bond acceptors (Lipinski definition) is 2. The number of carbonyl (C=O) groups excluding carboxylic acids is 2. The third-order valence-electron chi connectivity index (χ3n) is 4.99. The van der Waals surface area contributed by atoms with Gasteiger partial charge in [-0.25, -0.2) is 0 Å². The topological polar surface area (TPSA) is 58.2 Å². The molecule has 0 aromatic heterocycles. The number of amides is 2. The van der Waals surface area contributed by atoms with Gasteiger partial charge in [-0.1, -0.05) is 26.0 Å². The Bertz CT molecular complexity index is 784. The van der Waals surface area contributed by atoms with Crippen molar-refractivity contribution in [3.8, 4) is 0 Å². The molecule has 27 heavy (non-hydrogen) atoms. The van der Waals surface area contributed by atoms with Crippen molar-refractivity contribution in [3.05, 3.63) is 69.8 Å². The molecule has 0 radical (unpaired) electrons. The summed E-state index contributed by atoms with van der Waals surface area (Å²) in [7, 11) is 0. The Balaban J connectivity index is 1.90. The van der Waals surface area contributed by atoms with E-state index >= 15 is 0 Å². The third-order valence-corrected chi connectivity index (χ3v) is 4.99. The van der Waals surface area contributed by atoms with E-state index in [1.54, 1.807) is 0 Å². The van der Waals surface area contributed by atoms with Crippen LogP contribution in [0, 0.1) is 33.1 Å². The second kappa shape index (κ2) is 8.38. The Kier molecular flexibility index (Phi) is 6.42. The minimum absolute atomic E-state index is 0.0911. The molecule has 0 aliphatic carbocycles. The number of rotatable bonds is 6. The molecule has 0 spiro atoms. The molecule has 0 atom stereocenters. The molecule has 2 N–H and O–H groups in total. The van der Waals surface area contributed by atoms with E-state index in [0.29, 0.717) is 24.2 Å². The van der Waals surface area contributed by atoms with Gasteiger partial charge in [0.25, 0.3) is 11.8 Å². The molecule has 2 aromatic rings. The summed E-state index contributed by atoms with van der Waals surface area (Å²) in [5.41, 5.74) is 5.60. The normalized spacial score (nSPS) is 11.2. The van der Waals surface area contributed by atoms with Crippen LogP contribution in [0.25, 0.3) is 0 Å². The fourth-order valence-electron chi connectivity index (χ4n) is 2.67. The molecule has 144 valence electrons. The van der Waals surface area contributed by atoms with Crippen molar-refractivity contribution in [1.82, 2.24) is 10.6 Å². The highest BCUT2D eigenvalue weighted by molar-refractivity contribution is 5.95. The predicted octanol–water partition coefficient (Wildman–Crippen LogP) is 4.11. The smallest absolute Gasteiger partial charge is 0.251 e. The quantitative estimate of drug-likeness (QED) is 0.808. The molecule has 0 bridgehead atoms. The zero-order valence-corrected chi connectivity index (χ0v) is 17.2. The largest absolute Gasteiger partial charge is 0.351 e. The first-order chi connectivity index (χ1) is 12.6. The molecule has 0 saturated carbocycles. The summed E-state index contributed by atoms with van der Waals surface area (Å²) < 4.78 is 0. The van der Waals surface area contributed by atoms with E-state index in [0.717, 1.165) is 11.1 Å². The molecule has 0 fully saturated rings. The van der Waals surface area contributed by atoms with E-state index in [2.05, 4.69) is 10.6 Å². The summed E-state index contributed by atoms with van der Waals surface area (Å²) in [4.78, 5) is 24.8. The van der Waals surface area contributed by atoms with Crippen LogP contribution in [0.15, 0.2) is 36.4 Å². The van der Waals surface area contributed by atoms with Gasteiger partial charge in [-0.15, -0.1) is 0 Å². The summed E-state index contributed by atoms with van der Waals surface area (Å²) in [5, 5.41) is 5.95. The molecule has 0 aliphatic heterocycles. The van der Waals surface area contributed by atoms with Gasteiger partial charge in [0.1, 0.15) is 0 Å². The van der Waals surface area contributed by atoms with E-state index in [4.69, 9.17) is 0 Å². The molecule has 0 unspecified atom stereocenters. The zero-order valence-electron chi connectivity index (χ0n) is 17.2. The average molecular weight is 367 g/mol. The Labute approximate surface area is 162 Å². The highest BCUT2D eigenvalue weighted by Gasteiger charge is 2.21. The molecule has 0 saturated heterocycles. The van der Waals surface area contributed by atoms with E-state index in [9.17, 15) is 9.59 Å². The van der Waals surface area contributed by atoms with Crippen LogP contribution >= 0.6 is 0 Å².